The highest BCUT2D eigenvalue weighted by molar-refractivity contribution is 6.09. The van der Waals surface area contributed by atoms with Gasteiger partial charge in [-0.25, -0.2) is 0 Å². The van der Waals surface area contributed by atoms with Crippen LogP contribution >= 0.6 is 0 Å². The lowest BCUT2D eigenvalue weighted by molar-refractivity contribution is 0.670. The van der Waals surface area contributed by atoms with Crippen molar-refractivity contribution >= 4 is 49.8 Å². The van der Waals surface area contributed by atoms with Crippen LogP contribution in [0.25, 0.3) is 77.2 Å². The number of fused-ring (bicyclic) bond motifs is 7. The molecule has 0 aliphatic heterocycles. The predicted octanol–water partition coefficient (Wildman–Crippen LogP) is 17.6. The summed E-state index contributed by atoms with van der Waals surface area (Å²) in [7, 11) is 0. The molecular formula is C65H43NO. The lowest BCUT2D eigenvalue weighted by Gasteiger charge is -2.34. The van der Waals surface area contributed by atoms with Gasteiger partial charge in [0.2, 0.25) is 0 Å². The number of hydrogen-bond donors (Lipinski definition) is 0. The minimum absolute atomic E-state index is 0.533. The van der Waals surface area contributed by atoms with Crippen LogP contribution in [0.4, 0.5) is 17.1 Å². The van der Waals surface area contributed by atoms with Crippen molar-refractivity contribution in [2.75, 3.05) is 4.90 Å². The van der Waals surface area contributed by atoms with E-state index in [4.69, 9.17) is 4.42 Å². The summed E-state index contributed by atoms with van der Waals surface area (Å²) in [5.41, 5.74) is 18.9. The highest BCUT2D eigenvalue weighted by Crippen LogP contribution is 2.59. The van der Waals surface area contributed by atoms with Gasteiger partial charge in [0, 0.05) is 33.3 Å². The quantitative estimate of drug-likeness (QED) is 0.151. The Labute approximate surface area is 390 Å². The van der Waals surface area contributed by atoms with Crippen LogP contribution in [0.3, 0.4) is 0 Å². The van der Waals surface area contributed by atoms with Crippen LogP contribution < -0.4 is 4.90 Å². The third kappa shape index (κ3) is 6.18. The molecule has 0 saturated heterocycles. The van der Waals surface area contributed by atoms with E-state index in [9.17, 15) is 0 Å². The molecule has 0 saturated carbocycles. The Bertz CT molecular complexity index is 3760. The van der Waals surface area contributed by atoms with Gasteiger partial charge in [-0.1, -0.05) is 218 Å². The number of hydrogen-bond acceptors (Lipinski definition) is 2. The van der Waals surface area contributed by atoms with Gasteiger partial charge in [0.15, 0.2) is 0 Å². The minimum atomic E-state index is -0.533. The Morgan fingerprint density at radius 3 is 1.72 bits per heavy atom. The zero-order valence-electron chi connectivity index (χ0n) is 36.7. The number of furan rings is 1. The van der Waals surface area contributed by atoms with Crippen molar-refractivity contribution < 1.29 is 4.42 Å². The highest BCUT2D eigenvalue weighted by atomic mass is 16.3. The van der Waals surface area contributed by atoms with Crippen molar-refractivity contribution in [3.05, 3.63) is 283 Å². The maximum Gasteiger partial charge on any atom is 0.143 e. The summed E-state index contributed by atoms with van der Waals surface area (Å²) < 4.78 is 6.53. The van der Waals surface area contributed by atoms with Gasteiger partial charge in [-0.2, -0.15) is 0 Å². The molecule has 1 aliphatic rings. The molecule has 0 atom stereocenters. The molecule has 1 aromatic heterocycles. The van der Waals surface area contributed by atoms with Crippen LogP contribution in [0.1, 0.15) is 22.3 Å². The summed E-state index contributed by atoms with van der Waals surface area (Å²) in [4.78, 5) is 2.46. The average Bonchev–Trinajstić information content (AvgIpc) is 3.94. The van der Waals surface area contributed by atoms with Crippen molar-refractivity contribution in [2.45, 2.75) is 5.41 Å². The Hall–Kier alpha value is -8.72. The van der Waals surface area contributed by atoms with Crippen molar-refractivity contribution in [2.24, 2.45) is 0 Å². The van der Waals surface area contributed by atoms with E-state index >= 15 is 0 Å². The Kier molecular flexibility index (Phi) is 9.11. The fourth-order valence-electron chi connectivity index (χ4n) is 11.0. The summed E-state index contributed by atoms with van der Waals surface area (Å²) in [6, 6.07) is 95.1. The number of nitrogens with zero attached hydrogens (tertiary/aromatic N) is 1. The maximum absolute atomic E-state index is 6.53. The predicted molar refractivity (Wildman–Crippen MR) is 280 cm³/mol. The van der Waals surface area contributed by atoms with Crippen LogP contribution in [0, 0.1) is 0 Å². The van der Waals surface area contributed by atoms with Crippen molar-refractivity contribution in [1.29, 1.82) is 0 Å². The van der Waals surface area contributed by atoms with Crippen molar-refractivity contribution in [3.8, 4) is 44.5 Å². The second kappa shape index (κ2) is 15.8. The molecule has 2 heteroatoms. The van der Waals surface area contributed by atoms with Crippen LogP contribution in [-0.4, -0.2) is 0 Å². The Morgan fingerprint density at radius 2 is 0.896 bits per heavy atom. The Balaban J connectivity index is 1.02. The van der Waals surface area contributed by atoms with E-state index in [0.29, 0.717) is 0 Å². The second-order valence-electron chi connectivity index (χ2n) is 17.5. The first kappa shape index (κ1) is 38.7. The van der Waals surface area contributed by atoms with Gasteiger partial charge in [0.25, 0.3) is 0 Å². The standard InChI is InChI=1S/C65H43NO/c1-3-23-49(24-4-1)65(50-25-5-2-6-26-50)59-34-11-9-30-58(59)63-60(65)35-17-36-61(63)66(51-40-38-45(39-41-51)55-32-16-33-57-56-29-10-12-37-62(56)67-64(55)57)52-27-14-21-47(43-52)46-20-13-22-48(42-46)54-31-15-19-44-18-7-8-28-53(44)54/h1-43H. The molecule has 0 amide bonds. The van der Waals surface area contributed by atoms with E-state index in [-0.39, 0.29) is 0 Å². The molecule has 11 aromatic carbocycles. The summed E-state index contributed by atoms with van der Waals surface area (Å²) in [6.45, 7) is 0. The number of rotatable bonds is 8. The van der Waals surface area contributed by atoms with E-state index in [1.54, 1.807) is 0 Å². The maximum atomic E-state index is 6.53. The second-order valence-corrected chi connectivity index (χ2v) is 17.5. The molecule has 0 fully saturated rings. The lowest BCUT2D eigenvalue weighted by atomic mass is 9.68. The van der Waals surface area contributed by atoms with Crippen LogP contribution in [-0.2, 0) is 5.41 Å². The van der Waals surface area contributed by atoms with Crippen molar-refractivity contribution in [3.63, 3.8) is 0 Å². The highest BCUT2D eigenvalue weighted by Gasteiger charge is 2.47. The molecule has 1 aliphatic carbocycles. The van der Waals surface area contributed by atoms with Crippen LogP contribution in [0.2, 0.25) is 0 Å². The molecule has 314 valence electrons. The topological polar surface area (TPSA) is 16.4 Å². The van der Waals surface area contributed by atoms with E-state index in [1.807, 2.05) is 6.07 Å². The molecule has 1 heterocycles. The summed E-state index contributed by atoms with van der Waals surface area (Å²) in [6.07, 6.45) is 0. The van der Waals surface area contributed by atoms with Gasteiger partial charge in [0.05, 0.1) is 11.1 Å². The van der Waals surface area contributed by atoms with Crippen LogP contribution in [0.5, 0.6) is 0 Å². The normalized spacial score (nSPS) is 12.6. The minimum Gasteiger partial charge on any atom is -0.455 e. The molecule has 67 heavy (non-hydrogen) atoms. The molecule has 0 unspecified atom stereocenters. The van der Waals surface area contributed by atoms with Gasteiger partial charge in [-0.05, 0) is 109 Å². The van der Waals surface area contributed by atoms with Crippen LogP contribution in [0.15, 0.2) is 265 Å². The molecule has 13 rings (SSSR count). The third-order valence-corrected chi connectivity index (χ3v) is 13.9. The van der Waals surface area contributed by atoms with E-state index < -0.39 is 5.41 Å². The van der Waals surface area contributed by atoms with E-state index in [0.717, 1.165) is 61.3 Å². The Morgan fingerprint density at radius 1 is 0.328 bits per heavy atom. The fourth-order valence-corrected chi connectivity index (χ4v) is 11.0. The monoisotopic (exact) mass is 853 g/mol. The third-order valence-electron chi connectivity index (χ3n) is 13.9. The van der Waals surface area contributed by atoms with Gasteiger partial charge in [-0.15, -0.1) is 0 Å². The first-order chi connectivity index (χ1) is 33.2. The SMILES string of the molecule is c1ccc(C2(c3ccccc3)c3ccccc3-c3c(N(c4ccc(-c5cccc6c5oc5ccccc56)cc4)c4cccc(-c5cccc(-c6cccc7ccccc67)c5)c4)cccc32)cc1. The van der Waals surface area contributed by atoms with Gasteiger partial charge < -0.3 is 9.32 Å². The average molecular weight is 854 g/mol. The zero-order chi connectivity index (χ0) is 44.3. The number of anilines is 3. The molecule has 0 N–H and O–H groups in total. The smallest absolute Gasteiger partial charge is 0.143 e. The van der Waals surface area contributed by atoms with Gasteiger partial charge >= 0.3 is 0 Å². The fraction of sp³-hybridized carbons (Fsp3) is 0.0154. The molecule has 0 spiro atoms. The van der Waals surface area contributed by atoms with E-state index in [2.05, 4.69) is 260 Å². The zero-order valence-corrected chi connectivity index (χ0v) is 36.7. The molecule has 0 radical (unpaired) electrons. The van der Waals surface area contributed by atoms with Gasteiger partial charge in [-0.3, -0.25) is 0 Å². The van der Waals surface area contributed by atoms with Crippen molar-refractivity contribution in [1.82, 2.24) is 0 Å². The summed E-state index contributed by atoms with van der Waals surface area (Å²) in [5.74, 6) is 0. The molecule has 0 bridgehead atoms. The largest absolute Gasteiger partial charge is 0.455 e. The summed E-state index contributed by atoms with van der Waals surface area (Å²) in [5, 5.41) is 4.75. The first-order valence-electron chi connectivity index (χ1n) is 23.1. The molecular weight excluding hydrogens is 811 g/mol. The molecule has 12 aromatic rings. The first-order valence-corrected chi connectivity index (χ1v) is 23.1. The number of para-hydroxylation sites is 2. The molecule has 2 nitrogen and oxygen atoms in total. The van der Waals surface area contributed by atoms with Gasteiger partial charge in [0.1, 0.15) is 11.2 Å². The number of benzene rings is 11. The summed E-state index contributed by atoms with van der Waals surface area (Å²) >= 11 is 0. The van der Waals surface area contributed by atoms with E-state index in [1.165, 1.54) is 55.3 Å². The lowest BCUT2D eigenvalue weighted by Crippen LogP contribution is -2.28.